The number of hydrogen-bond acceptors (Lipinski definition) is 3. The van der Waals surface area contributed by atoms with E-state index in [2.05, 4.69) is 46.8 Å². The maximum atomic E-state index is 12.9. The average Bonchev–Trinajstić information content (AvgIpc) is 2.54. The van der Waals surface area contributed by atoms with Crippen LogP contribution in [0.2, 0.25) is 0 Å². The van der Waals surface area contributed by atoms with Gasteiger partial charge in [0.1, 0.15) is 17.5 Å². The summed E-state index contributed by atoms with van der Waals surface area (Å²) in [7, 11) is 0. The minimum atomic E-state index is -0.518. The minimum Gasteiger partial charge on any atom is -0.299 e. The first-order valence-electron chi connectivity index (χ1n) is 9.70. The molecule has 0 saturated heterocycles. The molecule has 2 rings (SSSR count). The van der Waals surface area contributed by atoms with E-state index in [0.717, 1.165) is 30.6 Å². The van der Waals surface area contributed by atoms with Crippen LogP contribution in [0.4, 0.5) is 0 Å². The van der Waals surface area contributed by atoms with Crippen LogP contribution in [0.5, 0.6) is 0 Å². The molecule has 1 aliphatic rings. The fourth-order valence-electron chi connectivity index (χ4n) is 4.28. The van der Waals surface area contributed by atoms with E-state index in [4.69, 9.17) is 0 Å². The Balaban J connectivity index is 2.28. The van der Waals surface area contributed by atoms with Crippen molar-refractivity contribution in [2.24, 2.45) is 5.92 Å². The first kappa shape index (κ1) is 20.2. The Kier molecular flexibility index (Phi) is 7.30. The highest BCUT2D eigenvalue weighted by atomic mass is 32.2. The number of carbonyl (C=O) groups excluding carboxylic acids is 2. The Bertz CT molecular complexity index is 592. The minimum absolute atomic E-state index is 0.142. The lowest BCUT2D eigenvalue weighted by Gasteiger charge is -2.30. The Morgan fingerprint density at radius 3 is 2.00 bits per heavy atom. The molecule has 138 valence electrons. The van der Waals surface area contributed by atoms with E-state index in [1.807, 2.05) is 11.8 Å². The van der Waals surface area contributed by atoms with Gasteiger partial charge in [0.2, 0.25) is 0 Å². The number of aryl methyl sites for hydroxylation is 3. The zero-order valence-corrected chi connectivity index (χ0v) is 17.2. The third kappa shape index (κ3) is 4.75. The monoisotopic (exact) mass is 360 g/mol. The summed E-state index contributed by atoms with van der Waals surface area (Å²) in [4.78, 5) is 25.9. The third-order valence-electron chi connectivity index (χ3n) is 5.29. The Labute approximate surface area is 157 Å². The summed E-state index contributed by atoms with van der Waals surface area (Å²) in [6, 6.07) is 4.31. The second-order valence-corrected chi connectivity index (χ2v) is 9.06. The molecule has 1 fully saturated rings. The summed E-state index contributed by atoms with van der Waals surface area (Å²) in [5, 5.41) is 0.518. The number of hydrogen-bond donors (Lipinski definition) is 0. The number of thioether (sulfide) groups is 1. The SMILES string of the molecule is CCSC(C)CC1CC(=O)C(c2c(CC)cc(C)cc2CC)C(=O)C1. The quantitative estimate of drug-likeness (QED) is 0.620. The average molecular weight is 361 g/mol. The third-order valence-corrected chi connectivity index (χ3v) is 6.38. The van der Waals surface area contributed by atoms with Crippen molar-refractivity contribution in [3.8, 4) is 0 Å². The van der Waals surface area contributed by atoms with Crippen molar-refractivity contribution in [1.82, 2.24) is 0 Å². The largest absolute Gasteiger partial charge is 0.299 e. The van der Waals surface area contributed by atoms with E-state index in [1.165, 1.54) is 16.7 Å². The Morgan fingerprint density at radius 2 is 1.56 bits per heavy atom. The summed E-state index contributed by atoms with van der Waals surface area (Å²) < 4.78 is 0. The van der Waals surface area contributed by atoms with E-state index in [0.29, 0.717) is 18.1 Å². The fraction of sp³-hybridized carbons (Fsp3) is 0.636. The van der Waals surface area contributed by atoms with Gasteiger partial charge in [0.05, 0.1) is 0 Å². The van der Waals surface area contributed by atoms with Crippen LogP contribution in [0, 0.1) is 12.8 Å². The smallest absolute Gasteiger partial charge is 0.148 e. The normalized spacial score (nSPS) is 22.3. The van der Waals surface area contributed by atoms with Crippen molar-refractivity contribution in [3.63, 3.8) is 0 Å². The second-order valence-electron chi connectivity index (χ2n) is 7.35. The van der Waals surface area contributed by atoms with Crippen molar-refractivity contribution in [2.45, 2.75) is 77.9 Å². The van der Waals surface area contributed by atoms with Gasteiger partial charge in [-0.3, -0.25) is 9.59 Å². The van der Waals surface area contributed by atoms with Gasteiger partial charge in [-0.25, -0.2) is 0 Å². The number of carbonyl (C=O) groups is 2. The zero-order valence-electron chi connectivity index (χ0n) is 16.4. The molecule has 1 aromatic carbocycles. The summed E-state index contributed by atoms with van der Waals surface area (Å²) >= 11 is 1.92. The predicted octanol–water partition coefficient (Wildman–Crippen LogP) is 5.28. The highest BCUT2D eigenvalue weighted by Gasteiger charge is 2.38. The van der Waals surface area contributed by atoms with E-state index in [-0.39, 0.29) is 17.5 Å². The first-order chi connectivity index (χ1) is 11.9. The molecule has 1 aliphatic carbocycles. The van der Waals surface area contributed by atoms with Gasteiger partial charge in [0, 0.05) is 18.1 Å². The lowest BCUT2D eigenvalue weighted by molar-refractivity contribution is -0.133. The Morgan fingerprint density at radius 1 is 1.04 bits per heavy atom. The number of ketones is 2. The van der Waals surface area contributed by atoms with Crippen LogP contribution in [0.15, 0.2) is 12.1 Å². The van der Waals surface area contributed by atoms with Gasteiger partial charge in [-0.15, -0.1) is 0 Å². The molecule has 0 N–H and O–H groups in total. The highest BCUT2D eigenvalue weighted by molar-refractivity contribution is 7.99. The van der Waals surface area contributed by atoms with Gasteiger partial charge in [0.15, 0.2) is 0 Å². The van der Waals surface area contributed by atoms with Gasteiger partial charge in [0.25, 0.3) is 0 Å². The first-order valence-corrected chi connectivity index (χ1v) is 10.7. The van der Waals surface area contributed by atoms with Gasteiger partial charge >= 0.3 is 0 Å². The fourth-order valence-corrected chi connectivity index (χ4v) is 5.25. The van der Waals surface area contributed by atoms with Crippen molar-refractivity contribution in [3.05, 3.63) is 34.4 Å². The van der Waals surface area contributed by atoms with E-state index in [1.54, 1.807) is 0 Å². The van der Waals surface area contributed by atoms with Crippen LogP contribution in [0.1, 0.15) is 75.1 Å². The van der Waals surface area contributed by atoms with Crippen molar-refractivity contribution < 1.29 is 9.59 Å². The van der Waals surface area contributed by atoms with E-state index in [9.17, 15) is 9.59 Å². The van der Waals surface area contributed by atoms with Crippen LogP contribution >= 0.6 is 11.8 Å². The lowest BCUT2D eigenvalue weighted by atomic mass is 9.72. The molecule has 25 heavy (non-hydrogen) atoms. The predicted molar refractivity (Wildman–Crippen MR) is 108 cm³/mol. The van der Waals surface area contributed by atoms with Crippen LogP contribution in [-0.2, 0) is 22.4 Å². The Hall–Kier alpha value is -1.09. The van der Waals surface area contributed by atoms with Crippen LogP contribution in [0.3, 0.4) is 0 Å². The molecule has 2 nitrogen and oxygen atoms in total. The van der Waals surface area contributed by atoms with Gasteiger partial charge in [-0.05, 0) is 54.5 Å². The molecule has 1 atom stereocenters. The molecule has 0 aromatic heterocycles. The van der Waals surface area contributed by atoms with Crippen molar-refractivity contribution in [1.29, 1.82) is 0 Å². The zero-order chi connectivity index (χ0) is 18.6. The van der Waals surface area contributed by atoms with Crippen LogP contribution in [0.25, 0.3) is 0 Å². The standard InChI is InChI=1S/C22H32O2S/c1-6-17-9-14(4)10-18(7-2)21(17)22-19(23)12-16(13-20(22)24)11-15(5)25-8-3/h9-10,15-16,22H,6-8,11-13H2,1-5H3. The van der Waals surface area contributed by atoms with Gasteiger partial charge < -0.3 is 0 Å². The topological polar surface area (TPSA) is 34.1 Å². The number of Topliss-reactive ketones (excluding diaryl/α,β-unsaturated/α-hetero) is 2. The van der Waals surface area contributed by atoms with E-state index < -0.39 is 5.92 Å². The van der Waals surface area contributed by atoms with Gasteiger partial charge in [-0.2, -0.15) is 11.8 Å². The number of benzene rings is 1. The molecule has 1 unspecified atom stereocenters. The summed E-state index contributed by atoms with van der Waals surface area (Å²) in [5.41, 5.74) is 4.60. The number of rotatable bonds is 7. The van der Waals surface area contributed by atoms with E-state index >= 15 is 0 Å². The molecule has 0 bridgehead atoms. The lowest BCUT2D eigenvalue weighted by Crippen LogP contribution is -2.34. The molecule has 0 spiro atoms. The van der Waals surface area contributed by atoms with Crippen LogP contribution in [-0.4, -0.2) is 22.6 Å². The summed E-state index contributed by atoms with van der Waals surface area (Å²) in [5.74, 6) is 1.08. The van der Waals surface area contributed by atoms with Crippen LogP contribution < -0.4 is 0 Å². The molecule has 1 saturated carbocycles. The second kappa shape index (κ2) is 9.02. The molecule has 0 amide bonds. The molecule has 0 aliphatic heterocycles. The van der Waals surface area contributed by atoms with Crippen molar-refractivity contribution >= 4 is 23.3 Å². The molecule has 0 radical (unpaired) electrons. The molecule has 0 heterocycles. The molecular weight excluding hydrogens is 328 g/mol. The van der Waals surface area contributed by atoms with Crippen molar-refractivity contribution in [2.75, 3.05) is 5.75 Å². The molecule has 3 heteroatoms. The molecule has 1 aromatic rings. The molecular formula is C22H32O2S. The maximum absolute atomic E-state index is 12.9. The summed E-state index contributed by atoms with van der Waals surface area (Å²) in [6.07, 6.45) is 3.83. The summed E-state index contributed by atoms with van der Waals surface area (Å²) in [6.45, 7) is 10.7. The highest BCUT2D eigenvalue weighted by Crippen LogP contribution is 2.37. The van der Waals surface area contributed by atoms with Gasteiger partial charge in [-0.1, -0.05) is 45.4 Å². The maximum Gasteiger partial charge on any atom is 0.148 e.